The molecule has 2 unspecified atom stereocenters. The summed E-state index contributed by atoms with van der Waals surface area (Å²) >= 11 is 1.50. The molecule has 1 aliphatic heterocycles. The van der Waals surface area contributed by atoms with Crippen LogP contribution in [0.5, 0.6) is 0 Å². The monoisotopic (exact) mass is 253 g/mol. The van der Waals surface area contributed by atoms with Gasteiger partial charge in [0.1, 0.15) is 0 Å². The molecule has 4 heteroatoms. The van der Waals surface area contributed by atoms with Gasteiger partial charge in [-0.05, 0) is 32.9 Å². The van der Waals surface area contributed by atoms with Crippen molar-refractivity contribution in [2.24, 2.45) is 0 Å². The van der Waals surface area contributed by atoms with Crippen molar-refractivity contribution in [1.29, 1.82) is 0 Å². The Morgan fingerprint density at radius 2 is 2.24 bits per heavy atom. The van der Waals surface area contributed by atoms with E-state index in [0.29, 0.717) is 12.0 Å². The van der Waals surface area contributed by atoms with Gasteiger partial charge in [-0.25, -0.2) is 0 Å². The first-order valence-electron chi connectivity index (χ1n) is 6.01. The van der Waals surface area contributed by atoms with E-state index in [2.05, 4.69) is 11.9 Å². The van der Waals surface area contributed by atoms with Gasteiger partial charge in [0, 0.05) is 23.4 Å². The Morgan fingerprint density at radius 3 is 2.76 bits per heavy atom. The van der Waals surface area contributed by atoms with Crippen LogP contribution >= 0.6 is 11.8 Å². The van der Waals surface area contributed by atoms with Crippen molar-refractivity contribution >= 4 is 11.8 Å². The van der Waals surface area contributed by atoms with Crippen LogP contribution < -0.4 is 5.43 Å². The summed E-state index contributed by atoms with van der Waals surface area (Å²) in [4.78, 5) is 16.1. The second-order valence-electron chi connectivity index (χ2n) is 4.67. The molecule has 0 bridgehead atoms. The lowest BCUT2D eigenvalue weighted by molar-refractivity contribution is 0.0146. The summed E-state index contributed by atoms with van der Waals surface area (Å²) in [7, 11) is 0. The van der Waals surface area contributed by atoms with E-state index in [1.807, 2.05) is 13.2 Å². The molecule has 0 aromatic carbocycles. The van der Waals surface area contributed by atoms with Crippen LogP contribution in [0.4, 0.5) is 0 Å². The molecule has 0 aliphatic carbocycles. The quantitative estimate of drug-likeness (QED) is 0.824. The third-order valence-corrected chi connectivity index (χ3v) is 4.25. The number of aryl methyl sites for hydroxylation is 1. The molecule has 2 heterocycles. The van der Waals surface area contributed by atoms with Crippen LogP contribution in [-0.2, 0) is 4.74 Å². The van der Waals surface area contributed by atoms with Crippen molar-refractivity contribution < 1.29 is 4.74 Å². The average Bonchev–Trinajstić information content (AvgIpc) is 2.29. The summed E-state index contributed by atoms with van der Waals surface area (Å²) in [6.45, 7) is 4.78. The van der Waals surface area contributed by atoms with Crippen molar-refractivity contribution in [2.45, 2.75) is 43.6 Å². The molecule has 0 spiro atoms. The molecule has 0 radical (unpaired) electrons. The maximum atomic E-state index is 11.9. The Hall–Kier alpha value is -0.740. The lowest BCUT2D eigenvalue weighted by Gasteiger charge is -2.27. The molecule has 1 aliphatic rings. The van der Waals surface area contributed by atoms with Gasteiger partial charge in [0.2, 0.25) is 0 Å². The summed E-state index contributed by atoms with van der Waals surface area (Å²) in [5, 5.41) is 0. The standard InChI is InChI=1S/C13H19NO2S/c1-8-4-5-10(7-16-8)11-6-12(15)13(17-3)9(2)14-11/h6,8,10H,4-5,7H2,1-3H3,(H,14,15). The molecule has 17 heavy (non-hydrogen) atoms. The normalized spacial score (nSPS) is 24.9. The highest BCUT2D eigenvalue weighted by Crippen LogP contribution is 2.27. The maximum Gasteiger partial charge on any atom is 0.195 e. The van der Waals surface area contributed by atoms with Gasteiger partial charge in [-0.2, -0.15) is 0 Å². The van der Waals surface area contributed by atoms with Crippen molar-refractivity contribution in [2.75, 3.05) is 12.9 Å². The number of hydrogen-bond acceptors (Lipinski definition) is 3. The zero-order chi connectivity index (χ0) is 12.4. The van der Waals surface area contributed by atoms with Crippen LogP contribution in [0, 0.1) is 6.92 Å². The third kappa shape index (κ3) is 2.75. The SMILES string of the molecule is CSc1c(C)[nH]c(C2CCC(C)OC2)cc1=O. The smallest absolute Gasteiger partial charge is 0.195 e. The summed E-state index contributed by atoms with van der Waals surface area (Å²) in [5.74, 6) is 0.341. The first-order chi connectivity index (χ1) is 8.11. The fraction of sp³-hybridized carbons (Fsp3) is 0.615. The number of pyridine rings is 1. The predicted molar refractivity (Wildman–Crippen MR) is 71.0 cm³/mol. The summed E-state index contributed by atoms with van der Waals surface area (Å²) in [6.07, 6.45) is 4.44. The molecule has 0 saturated carbocycles. The van der Waals surface area contributed by atoms with Gasteiger partial charge in [-0.15, -0.1) is 11.8 Å². The Morgan fingerprint density at radius 1 is 1.47 bits per heavy atom. The zero-order valence-electron chi connectivity index (χ0n) is 10.6. The Bertz CT molecular complexity index is 447. The topological polar surface area (TPSA) is 42.1 Å². The van der Waals surface area contributed by atoms with Crippen LogP contribution in [0.1, 0.15) is 37.1 Å². The average molecular weight is 253 g/mol. The molecule has 94 valence electrons. The molecule has 0 amide bonds. The van der Waals surface area contributed by atoms with Crippen molar-refractivity contribution in [3.05, 3.63) is 27.7 Å². The minimum atomic E-state index is 0.127. The zero-order valence-corrected chi connectivity index (χ0v) is 11.4. The van der Waals surface area contributed by atoms with E-state index in [9.17, 15) is 4.79 Å². The molecular formula is C13H19NO2S. The highest BCUT2D eigenvalue weighted by atomic mass is 32.2. The molecule has 1 saturated heterocycles. The largest absolute Gasteiger partial charge is 0.378 e. The van der Waals surface area contributed by atoms with E-state index in [1.54, 1.807) is 6.07 Å². The van der Waals surface area contributed by atoms with Gasteiger partial charge in [-0.3, -0.25) is 4.79 Å². The summed E-state index contributed by atoms with van der Waals surface area (Å²) in [6, 6.07) is 1.74. The number of hydrogen-bond donors (Lipinski definition) is 1. The molecule has 2 atom stereocenters. The number of thioether (sulfide) groups is 1. The number of aromatic amines is 1. The fourth-order valence-corrected chi connectivity index (χ4v) is 2.92. The van der Waals surface area contributed by atoms with Crippen LogP contribution in [-0.4, -0.2) is 24.0 Å². The first kappa shape index (κ1) is 12.7. The molecule has 1 aromatic rings. The van der Waals surface area contributed by atoms with Gasteiger partial charge >= 0.3 is 0 Å². The minimum Gasteiger partial charge on any atom is -0.378 e. The van der Waals surface area contributed by atoms with E-state index in [1.165, 1.54) is 11.8 Å². The van der Waals surface area contributed by atoms with Crippen LogP contribution in [0.3, 0.4) is 0 Å². The predicted octanol–water partition coefficient (Wildman–Crippen LogP) is 2.69. The number of rotatable bonds is 2. The number of nitrogens with one attached hydrogen (secondary N) is 1. The van der Waals surface area contributed by atoms with E-state index < -0.39 is 0 Å². The van der Waals surface area contributed by atoms with Gasteiger partial charge in [0.05, 0.1) is 17.6 Å². The second kappa shape index (κ2) is 5.27. The van der Waals surface area contributed by atoms with E-state index in [-0.39, 0.29) is 5.43 Å². The lowest BCUT2D eigenvalue weighted by Crippen LogP contribution is -2.24. The van der Waals surface area contributed by atoms with Crippen molar-refractivity contribution in [3.63, 3.8) is 0 Å². The first-order valence-corrected chi connectivity index (χ1v) is 7.23. The second-order valence-corrected chi connectivity index (χ2v) is 5.48. The maximum absolute atomic E-state index is 11.9. The van der Waals surface area contributed by atoms with Gasteiger partial charge < -0.3 is 9.72 Å². The number of ether oxygens (including phenoxy) is 1. The Kier molecular flexibility index (Phi) is 3.94. The summed E-state index contributed by atoms with van der Waals surface area (Å²) in [5.41, 5.74) is 2.12. The fourth-order valence-electron chi connectivity index (χ4n) is 2.30. The minimum absolute atomic E-state index is 0.127. The number of aromatic nitrogens is 1. The molecule has 1 N–H and O–H groups in total. The van der Waals surface area contributed by atoms with E-state index in [4.69, 9.17) is 4.74 Å². The number of H-pyrrole nitrogens is 1. The molecule has 2 rings (SSSR count). The van der Waals surface area contributed by atoms with Crippen LogP contribution in [0.15, 0.2) is 15.8 Å². The van der Waals surface area contributed by atoms with Gasteiger partial charge in [0.15, 0.2) is 5.43 Å². The van der Waals surface area contributed by atoms with Gasteiger partial charge in [0.25, 0.3) is 0 Å². The molecule has 1 fully saturated rings. The highest BCUT2D eigenvalue weighted by Gasteiger charge is 2.21. The molecule has 3 nitrogen and oxygen atoms in total. The van der Waals surface area contributed by atoms with Crippen molar-refractivity contribution in [1.82, 2.24) is 4.98 Å². The van der Waals surface area contributed by atoms with Gasteiger partial charge in [-0.1, -0.05) is 0 Å². The Balaban J connectivity index is 2.25. The van der Waals surface area contributed by atoms with E-state index in [0.717, 1.165) is 35.7 Å². The lowest BCUT2D eigenvalue weighted by atomic mass is 9.95. The highest BCUT2D eigenvalue weighted by molar-refractivity contribution is 7.98. The van der Waals surface area contributed by atoms with Crippen molar-refractivity contribution in [3.8, 4) is 0 Å². The summed E-state index contributed by atoms with van der Waals surface area (Å²) < 4.78 is 5.65. The molecule has 1 aromatic heterocycles. The van der Waals surface area contributed by atoms with E-state index >= 15 is 0 Å². The van der Waals surface area contributed by atoms with Crippen LogP contribution in [0.2, 0.25) is 0 Å². The Labute approximate surface area is 106 Å². The third-order valence-electron chi connectivity index (χ3n) is 3.33. The molecular weight excluding hydrogens is 234 g/mol. The van der Waals surface area contributed by atoms with Crippen LogP contribution in [0.25, 0.3) is 0 Å².